The number of hydrogen-bond acceptors (Lipinski definition) is 6. The lowest BCUT2D eigenvalue weighted by molar-refractivity contribution is 0.0194. The zero-order valence-corrected chi connectivity index (χ0v) is 20.5. The molecule has 3 rings (SSSR count). The van der Waals surface area contributed by atoms with Crippen LogP contribution in [-0.2, 0) is 19.5 Å². The molecule has 0 spiro atoms. The van der Waals surface area contributed by atoms with Gasteiger partial charge in [-0.1, -0.05) is 0 Å². The molecule has 29 heavy (non-hydrogen) atoms. The summed E-state index contributed by atoms with van der Waals surface area (Å²) in [6, 6.07) is 0.517. The third kappa shape index (κ3) is 8.09. The number of rotatable bonds is 7. The van der Waals surface area contributed by atoms with Gasteiger partial charge in [-0.2, -0.15) is 0 Å². The van der Waals surface area contributed by atoms with Gasteiger partial charge in [0.15, 0.2) is 5.96 Å². The summed E-state index contributed by atoms with van der Waals surface area (Å²) >= 11 is 0. The summed E-state index contributed by atoms with van der Waals surface area (Å²) in [5.74, 6) is 0.806. The molecular weight excluding hydrogens is 509 g/mol. The van der Waals surface area contributed by atoms with Crippen molar-refractivity contribution in [2.75, 3.05) is 71.9 Å². The second kappa shape index (κ2) is 12.6. The third-order valence-electron chi connectivity index (χ3n) is 5.70. The Hall–Kier alpha value is -0.210. The molecule has 11 heteroatoms. The SMILES string of the molecule is CN=C(NCCS(=O)(=O)NCC1CCCCO1)N1CCC(N2CCOCC2)C1.I. The van der Waals surface area contributed by atoms with E-state index in [4.69, 9.17) is 9.47 Å². The number of aliphatic imine (C=N–C) groups is 1. The van der Waals surface area contributed by atoms with Gasteiger partial charge in [-0.25, -0.2) is 13.1 Å². The monoisotopic (exact) mass is 545 g/mol. The number of guanidine groups is 1. The molecule has 0 bridgehead atoms. The molecule has 0 aromatic carbocycles. The molecule has 0 radical (unpaired) electrons. The van der Waals surface area contributed by atoms with E-state index in [0.29, 0.717) is 19.1 Å². The predicted octanol–water partition coefficient (Wildman–Crippen LogP) is 0.0748. The largest absolute Gasteiger partial charge is 0.379 e. The number of nitrogens with zero attached hydrogens (tertiary/aromatic N) is 3. The van der Waals surface area contributed by atoms with Gasteiger partial charge in [-0.3, -0.25) is 9.89 Å². The van der Waals surface area contributed by atoms with Crippen molar-refractivity contribution in [2.45, 2.75) is 37.8 Å². The van der Waals surface area contributed by atoms with Gasteiger partial charge < -0.3 is 19.7 Å². The van der Waals surface area contributed by atoms with E-state index in [1.807, 2.05) is 0 Å². The van der Waals surface area contributed by atoms with Crippen LogP contribution in [0, 0.1) is 0 Å². The summed E-state index contributed by atoms with van der Waals surface area (Å²) in [6.07, 6.45) is 4.20. The highest BCUT2D eigenvalue weighted by Crippen LogP contribution is 2.17. The van der Waals surface area contributed by atoms with Crippen LogP contribution in [0.1, 0.15) is 25.7 Å². The van der Waals surface area contributed by atoms with Crippen LogP contribution in [0.3, 0.4) is 0 Å². The zero-order valence-electron chi connectivity index (χ0n) is 17.3. The normalized spacial score (nSPS) is 26.9. The topological polar surface area (TPSA) is 95.5 Å². The van der Waals surface area contributed by atoms with E-state index in [2.05, 4.69) is 24.8 Å². The van der Waals surface area contributed by atoms with E-state index < -0.39 is 10.0 Å². The van der Waals surface area contributed by atoms with Crippen LogP contribution in [0.2, 0.25) is 0 Å². The van der Waals surface area contributed by atoms with E-state index in [-0.39, 0.29) is 35.8 Å². The number of morpholine rings is 1. The first-order chi connectivity index (χ1) is 13.6. The maximum Gasteiger partial charge on any atom is 0.213 e. The summed E-state index contributed by atoms with van der Waals surface area (Å²) in [5, 5.41) is 3.21. The number of nitrogens with one attached hydrogen (secondary N) is 2. The molecule has 3 aliphatic heterocycles. The first kappa shape index (κ1) is 25.1. The first-order valence-electron chi connectivity index (χ1n) is 10.4. The molecule has 0 aromatic rings. The number of hydrogen-bond donors (Lipinski definition) is 2. The second-order valence-corrected chi connectivity index (χ2v) is 9.59. The van der Waals surface area contributed by atoms with Gasteiger partial charge >= 0.3 is 0 Å². The van der Waals surface area contributed by atoms with E-state index in [1.54, 1.807) is 7.05 Å². The Labute approximate surface area is 192 Å². The van der Waals surface area contributed by atoms with Crippen LogP contribution in [0.15, 0.2) is 4.99 Å². The summed E-state index contributed by atoms with van der Waals surface area (Å²) in [4.78, 5) is 9.04. The maximum atomic E-state index is 12.2. The highest BCUT2D eigenvalue weighted by Gasteiger charge is 2.30. The van der Waals surface area contributed by atoms with E-state index in [1.165, 1.54) is 0 Å². The standard InChI is InChI=1S/C18H35N5O4S.HI/c1-19-18(23-7-5-16(15-23)22-8-11-26-12-9-22)20-6-13-28(24,25)21-14-17-4-2-3-10-27-17;/h16-17,21H,2-15H2,1H3,(H,19,20);1H. The highest BCUT2D eigenvalue weighted by atomic mass is 127. The Morgan fingerprint density at radius 2 is 1.93 bits per heavy atom. The smallest absolute Gasteiger partial charge is 0.213 e. The number of halogens is 1. The summed E-state index contributed by atoms with van der Waals surface area (Å²) in [7, 11) is -1.58. The minimum absolute atomic E-state index is 0. The molecule has 2 N–H and O–H groups in total. The summed E-state index contributed by atoms with van der Waals surface area (Å²) < 4.78 is 38.2. The average Bonchev–Trinajstić information content (AvgIpc) is 3.21. The lowest BCUT2D eigenvalue weighted by Crippen LogP contribution is -2.47. The molecule has 0 amide bonds. The van der Waals surface area contributed by atoms with Crippen molar-refractivity contribution in [2.24, 2.45) is 4.99 Å². The highest BCUT2D eigenvalue weighted by molar-refractivity contribution is 14.0. The Bertz CT molecular complexity index is 609. The van der Waals surface area contributed by atoms with Gasteiger partial charge in [0.25, 0.3) is 0 Å². The van der Waals surface area contributed by atoms with E-state index >= 15 is 0 Å². The molecule has 170 valence electrons. The van der Waals surface area contributed by atoms with Crippen LogP contribution in [0.4, 0.5) is 0 Å². The third-order valence-corrected chi connectivity index (χ3v) is 7.04. The van der Waals surface area contributed by atoms with Crippen molar-refractivity contribution in [3.8, 4) is 0 Å². The molecule has 0 aliphatic carbocycles. The van der Waals surface area contributed by atoms with Crippen LogP contribution in [0.25, 0.3) is 0 Å². The van der Waals surface area contributed by atoms with Crippen molar-refractivity contribution in [1.29, 1.82) is 0 Å². The lowest BCUT2D eigenvalue weighted by atomic mass is 10.1. The minimum atomic E-state index is -3.32. The maximum absolute atomic E-state index is 12.2. The predicted molar refractivity (Wildman–Crippen MR) is 125 cm³/mol. The molecule has 2 unspecified atom stereocenters. The zero-order chi connectivity index (χ0) is 19.8. The number of sulfonamides is 1. The van der Waals surface area contributed by atoms with Crippen LogP contribution in [-0.4, -0.2) is 108 Å². The first-order valence-corrected chi connectivity index (χ1v) is 12.1. The molecule has 2 atom stereocenters. The van der Waals surface area contributed by atoms with Gasteiger partial charge in [0.2, 0.25) is 10.0 Å². The van der Waals surface area contributed by atoms with Crippen LogP contribution in [0.5, 0.6) is 0 Å². The quantitative estimate of drug-likeness (QED) is 0.266. The van der Waals surface area contributed by atoms with Crippen molar-refractivity contribution in [1.82, 2.24) is 19.8 Å². The Morgan fingerprint density at radius 1 is 1.14 bits per heavy atom. The van der Waals surface area contributed by atoms with Crippen LogP contribution < -0.4 is 10.0 Å². The molecule has 3 fully saturated rings. The summed E-state index contributed by atoms with van der Waals surface area (Å²) in [5.41, 5.74) is 0. The van der Waals surface area contributed by atoms with Crippen molar-refractivity contribution in [3.63, 3.8) is 0 Å². The molecular formula is C18H36IN5O4S. The number of likely N-dealkylation sites (tertiary alicyclic amines) is 1. The van der Waals surface area contributed by atoms with Gasteiger partial charge in [-0.15, -0.1) is 24.0 Å². The molecule has 0 saturated carbocycles. The molecule has 3 heterocycles. The van der Waals surface area contributed by atoms with Gasteiger partial charge in [0, 0.05) is 59.0 Å². The lowest BCUT2D eigenvalue weighted by Gasteiger charge is -2.32. The van der Waals surface area contributed by atoms with E-state index in [0.717, 1.165) is 77.6 Å². The molecule has 3 saturated heterocycles. The average molecular weight is 545 g/mol. The Balaban J connectivity index is 0.00000300. The van der Waals surface area contributed by atoms with Crippen molar-refractivity contribution >= 4 is 40.0 Å². The van der Waals surface area contributed by atoms with E-state index in [9.17, 15) is 8.42 Å². The van der Waals surface area contributed by atoms with Gasteiger partial charge in [0.1, 0.15) is 0 Å². The van der Waals surface area contributed by atoms with Crippen molar-refractivity contribution in [3.05, 3.63) is 0 Å². The van der Waals surface area contributed by atoms with Gasteiger partial charge in [0.05, 0.1) is 25.1 Å². The Kier molecular flexibility index (Phi) is 10.9. The number of ether oxygens (including phenoxy) is 2. The second-order valence-electron chi connectivity index (χ2n) is 7.67. The Morgan fingerprint density at radius 3 is 2.62 bits per heavy atom. The fourth-order valence-corrected chi connectivity index (χ4v) is 5.02. The fourth-order valence-electron chi connectivity index (χ4n) is 4.06. The van der Waals surface area contributed by atoms with Crippen LogP contribution >= 0.6 is 24.0 Å². The van der Waals surface area contributed by atoms with Crippen molar-refractivity contribution < 1.29 is 17.9 Å². The van der Waals surface area contributed by atoms with Gasteiger partial charge in [-0.05, 0) is 25.7 Å². The minimum Gasteiger partial charge on any atom is -0.379 e. The molecule has 0 aromatic heterocycles. The summed E-state index contributed by atoms with van der Waals surface area (Å²) in [6.45, 7) is 6.87. The molecule has 9 nitrogen and oxygen atoms in total. The fraction of sp³-hybridized carbons (Fsp3) is 0.944. The molecule has 3 aliphatic rings.